The molecule has 0 heterocycles. The van der Waals surface area contributed by atoms with Gasteiger partial charge in [0.05, 0.1) is 0 Å². The highest BCUT2D eigenvalue weighted by molar-refractivity contribution is 5.49. The van der Waals surface area contributed by atoms with E-state index in [1.165, 1.54) is 24.0 Å². The summed E-state index contributed by atoms with van der Waals surface area (Å²) in [6.07, 6.45) is 3.64. The molecule has 2 heteroatoms. The first kappa shape index (κ1) is 14.4. The Morgan fingerprint density at radius 2 is 1.85 bits per heavy atom. The lowest BCUT2D eigenvalue weighted by molar-refractivity contribution is 0.475. The van der Waals surface area contributed by atoms with Gasteiger partial charge in [0.25, 0.3) is 0 Å². The Morgan fingerprint density at radius 3 is 2.50 bits per heavy atom. The minimum Gasteiger partial charge on any atom is -0.508 e. The van der Waals surface area contributed by atoms with Crippen LogP contribution in [0.25, 0.3) is 0 Å². The van der Waals surface area contributed by atoms with Crippen molar-refractivity contribution in [1.29, 1.82) is 0 Å². The number of anilines is 1. The number of unbranched alkanes of at least 4 members (excludes halogenated alkanes) is 1. The number of hydrogen-bond donors (Lipinski definition) is 2. The molecule has 106 valence electrons. The van der Waals surface area contributed by atoms with E-state index in [0.717, 1.165) is 12.1 Å². The Labute approximate surface area is 121 Å². The fourth-order valence-electron chi connectivity index (χ4n) is 2.28. The Morgan fingerprint density at radius 1 is 1.10 bits per heavy atom. The van der Waals surface area contributed by atoms with Crippen molar-refractivity contribution < 1.29 is 5.11 Å². The molecule has 0 radical (unpaired) electrons. The second kappa shape index (κ2) is 6.99. The smallest absolute Gasteiger partial charge is 0.117 e. The zero-order chi connectivity index (χ0) is 14.4. The van der Waals surface area contributed by atoms with E-state index in [1.807, 2.05) is 12.1 Å². The number of aryl methyl sites for hydroxylation is 1. The van der Waals surface area contributed by atoms with Crippen LogP contribution in [0.3, 0.4) is 0 Å². The maximum atomic E-state index is 9.48. The molecular weight excluding hydrogens is 246 g/mol. The van der Waals surface area contributed by atoms with Gasteiger partial charge in [-0.3, -0.25) is 0 Å². The van der Waals surface area contributed by atoms with Crippen molar-refractivity contribution >= 4 is 5.69 Å². The van der Waals surface area contributed by atoms with Crippen LogP contribution in [-0.2, 0) is 6.42 Å². The van der Waals surface area contributed by atoms with Gasteiger partial charge >= 0.3 is 0 Å². The van der Waals surface area contributed by atoms with Crippen LogP contribution in [0.2, 0.25) is 0 Å². The molecular formula is C18H23NO. The summed E-state index contributed by atoms with van der Waals surface area (Å²) in [5.41, 5.74) is 3.60. The monoisotopic (exact) mass is 269 g/mol. The van der Waals surface area contributed by atoms with Gasteiger partial charge in [0.15, 0.2) is 0 Å². The first-order valence-corrected chi connectivity index (χ1v) is 7.33. The summed E-state index contributed by atoms with van der Waals surface area (Å²) in [5, 5.41) is 12.9. The number of rotatable bonds is 6. The molecule has 0 saturated carbocycles. The lowest BCUT2D eigenvalue weighted by Crippen LogP contribution is -2.06. The molecule has 2 aromatic carbocycles. The van der Waals surface area contributed by atoms with Crippen molar-refractivity contribution in [2.24, 2.45) is 0 Å². The molecule has 2 N–H and O–H groups in total. The van der Waals surface area contributed by atoms with E-state index in [1.54, 1.807) is 12.1 Å². The summed E-state index contributed by atoms with van der Waals surface area (Å²) in [5.74, 6) is 0.289. The zero-order valence-electron chi connectivity index (χ0n) is 12.3. The number of hydrogen-bond acceptors (Lipinski definition) is 2. The van der Waals surface area contributed by atoms with Crippen molar-refractivity contribution in [3.63, 3.8) is 0 Å². The minimum atomic E-state index is 0.219. The first-order chi connectivity index (χ1) is 9.69. The Balaban J connectivity index is 2.00. The molecule has 20 heavy (non-hydrogen) atoms. The maximum absolute atomic E-state index is 9.48. The van der Waals surface area contributed by atoms with E-state index in [2.05, 4.69) is 43.4 Å². The van der Waals surface area contributed by atoms with Crippen LogP contribution in [-0.4, -0.2) is 5.11 Å². The van der Waals surface area contributed by atoms with Gasteiger partial charge in [-0.25, -0.2) is 0 Å². The molecule has 1 atom stereocenters. The quantitative estimate of drug-likeness (QED) is 0.781. The summed E-state index contributed by atoms with van der Waals surface area (Å²) in [6, 6.07) is 16.2. The molecule has 0 bridgehead atoms. The van der Waals surface area contributed by atoms with Crippen LogP contribution >= 0.6 is 0 Å². The third kappa shape index (κ3) is 4.02. The average molecular weight is 269 g/mol. The van der Waals surface area contributed by atoms with Crippen LogP contribution in [0.1, 0.15) is 43.9 Å². The topological polar surface area (TPSA) is 32.3 Å². The summed E-state index contributed by atoms with van der Waals surface area (Å²) < 4.78 is 0. The van der Waals surface area contributed by atoms with Crippen LogP contribution in [0, 0.1) is 0 Å². The lowest BCUT2D eigenvalue weighted by Gasteiger charge is -2.16. The van der Waals surface area contributed by atoms with Crippen molar-refractivity contribution in [3.8, 4) is 5.75 Å². The number of nitrogens with one attached hydrogen (secondary N) is 1. The number of aromatic hydroxyl groups is 1. The van der Waals surface area contributed by atoms with Crippen molar-refractivity contribution in [2.75, 3.05) is 5.32 Å². The largest absolute Gasteiger partial charge is 0.508 e. The average Bonchev–Trinajstić information content (AvgIpc) is 2.45. The van der Waals surface area contributed by atoms with Gasteiger partial charge in [-0.2, -0.15) is 0 Å². The van der Waals surface area contributed by atoms with Gasteiger partial charge in [0.1, 0.15) is 5.75 Å². The standard InChI is InChI=1S/C18H23NO/c1-3-4-6-15-9-11-16(12-10-15)14(2)19-17-7-5-8-18(20)13-17/h5,7-14,19-20H,3-4,6H2,1-2H3. The van der Waals surface area contributed by atoms with E-state index in [9.17, 15) is 5.11 Å². The highest BCUT2D eigenvalue weighted by Gasteiger charge is 2.05. The van der Waals surface area contributed by atoms with Gasteiger partial charge in [-0.05, 0) is 43.0 Å². The molecule has 0 spiro atoms. The first-order valence-electron chi connectivity index (χ1n) is 7.33. The van der Waals surface area contributed by atoms with Crippen molar-refractivity contribution in [3.05, 3.63) is 59.7 Å². The lowest BCUT2D eigenvalue weighted by atomic mass is 10.0. The molecule has 0 amide bonds. The van der Waals surface area contributed by atoms with Crippen LogP contribution in [0.15, 0.2) is 48.5 Å². The molecule has 2 nitrogen and oxygen atoms in total. The van der Waals surface area contributed by atoms with Gasteiger partial charge < -0.3 is 10.4 Å². The molecule has 0 aliphatic rings. The fourth-order valence-corrected chi connectivity index (χ4v) is 2.28. The number of phenols is 1. The van der Waals surface area contributed by atoms with Gasteiger partial charge in [0, 0.05) is 17.8 Å². The summed E-state index contributed by atoms with van der Waals surface area (Å²) in [4.78, 5) is 0. The Bertz CT molecular complexity index is 533. The van der Waals surface area contributed by atoms with Gasteiger partial charge in [0.2, 0.25) is 0 Å². The van der Waals surface area contributed by atoms with E-state index in [-0.39, 0.29) is 11.8 Å². The molecule has 0 aliphatic heterocycles. The molecule has 0 fully saturated rings. The van der Waals surface area contributed by atoms with E-state index in [0.29, 0.717) is 0 Å². The zero-order valence-corrected chi connectivity index (χ0v) is 12.3. The Kier molecular flexibility index (Phi) is 5.05. The van der Waals surface area contributed by atoms with Crippen LogP contribution in [0.4, 0.5) is 5.69 Å². The minimum absolute atomic E-state index is 0.219. The Hall–Kier alpha value is -1.96. The normalized spacial score (nSPS) is 12.1. The third-order valence-corrected chi connectivity index (χ3v) is 3.53. The molecule has 2 aromatic rings. The molecule has 0 saturated heterocycles. The van der Waals surface area contributed by atoms with Gasteiger partial charge in [-0.1, -0.05) is 43.7 Å². The fraction of sp³-hybridized carbons (Fsp3) is 0.333. The number of phenolic OH excluding ortho intramolecular Hbond substituents is 1. The summed E-state index contributed by atoms with van der Waals surface area (Å²) in [6.45, 7) is 4.35. The predicted molar refractivity (Wildman–Crippen MR) is 85.2 cm³/mol. The highest BCUT2D eigenvalue weighted by Crippen LogP contribution is 2.22. The SMILES string of the molecule is CCCCc1ccc(C(C)Nc2cccc(O)c2)cc1. The summed E-state index contributed by atoms with van der Waals surface area (Å²) >= 11 is 0. The second-order valence-electron chi connectivity index (χ2n) is 5.26. The maximum Gasteiger partial charge on any atom is 0.117 e. The van der Waals surface area contributed by atoms with E-state index in [4.69, 9.17) is 0 Å². The molecule has 0 aromatic heterocycles. The van der Waals surface area contributed by atoms with Crippen molar-refractivity contribution in [1.82, 2.24) is 0 Å². The van der Waals surface area contributed by atoms with Crippen molar-refractivity contribution in [2.45, 2.75) is 39.2 Å². The molecule has 0 aliphatic carbocycles. The van der Waals surface area contributed by atoms with Gasteiger partial charge in [-0.15, -0.1) is 0 Å². The summed E-state index contributed by atoms with van der Waals surface area (Å²) in [7, 11) is 0. The van der Waals surface area contributed by atoms with Crippen LogP contribution in [0.5, 0.6) is 5.75 Å². The number of benzene rings is 2. The predicted octanol–water partition coefficient (Wildman–Crippen LogP) is 4.91. The highest BCUT2D eigenvalue weighted by atomic mass is 16.3. The second-order valence-corrected chi connectivity index (χ2v) is 5.26. The molecule has 1 unspecified atom stereocenters. The van der Waals surface area contributed by atoms with E-state index < -0.39 is 0 Å². The van der Waals surface area contributed by atoms with Crippen LogP contribution < -0.4 is 5.32 Å². The third-order valence-electron chi connectivity index (χ3n) is 3.53. The van der Waals surface area contributed by atoms with E-state index >= 15 is 0 Å². The molecule has 2 rings (SSSR count).